The summed E-state index contributed by atoms with van der Waals surface area (Å²) in [7, 11) is 0. The molecule has 0 spiro atoms. The first-order valence-electron chi connectivity index (χ1n) is 8.10. The Hall–Kier alpha value is -2.61. The second kappa shape index (κ2) is 9.42. The van der Waals surface area contributed by atoms with Gasteiger partial charge in [-0.15, -0.1) is 0 Å². The Balaban J connectivity index is 2.28. The highest BCUT2D eigenvalue weighted by Crippen LogP contribution is 2.07. The van der Waals surface area contributed by atoms with Crippen molar-refractivity contribution >= 4 is 11.8 Å². The Morgan fingerprint density at radius 3 is 2.30 bits per heavy atom. The van der Waals surface area contributed by atoms with Crippen LogP contribution < -0.4 is 0 Å². The molecule has 0 aromatic heterocycles. The SMILES string of the molecule is CCCC/C=C/[N+]([O-])=C(/C=C/c1ccccc1)c1ccccc1. The molecule has 23 heavy (non-hydrogen) atoms. The van der Waals surface area contributed by atoms with Crippen LogP contribution in [0.1, 0.15) is 37.3 Å². The summed E-state index contributed by atoms with van der Waals surface area (Å²) in [5.74, 6) is 0. The third-order valence-corrected chi connectivity index (χ3v) is 3.51. The average Bonchev–Trinajstić information content (AvgIpc) is 2.61. The number of allylic oxidation sites excluding steroid dienone is 2. The van der Waals surface area contributed by atoms with Gasteiger partial charge in [-0.2, -0.15) is 4.74 Å². The van der Waals surface area contributed by atoms with Crippen molar-refractivity contribution in [2.75, 3.05) is 0 Å². The molecule has 0 amide bonds. The van der Waals surface area contributed by atoms with Crippen LogP contribution in [0.3, 0.4) is 0 Å². The van der Waals surface area contributed by atoms with Crippen molar-refractivity contribution in [3.8, 4) is 0 Å². The molecular weight excluding hydrogens is 282 g/mol. The molecule has 0 heterocycles. The van der Waals surface area contributed by atoms with Crippen LogP contribution in [-0.2, 0) is 0 Å². The maximum absolute atomic E-state index is 12.5. The minimum absolute atomic E-state index is 0.641. The first kappa shape index (κ1) is 16.8. The fourth-order valence-electron chi connectivity index (χ4n) is 2.22. The number of hydrogen-bond acceptors (Lipinski definition) is 1. The molecule has 2 heteroatoms. The van der Waals surface area contributed by atoms with E-state index < -0.39 is 0 Å². The highest BCUT2D eigenvalue weighted by molar-refractivity contribution is 6.07. The van der Waals surface area contributed by atoms with Gasteiger partial charge in [-0.25, -0.2) is 0 Å². The molecule has 0 fully saturated rings. The maximum atomic E-state index is 12.5. The summed E-state index contributed by atoms with van der Waals surface area (Å²) < 4.78 is 0.949. The van der Waals surface area contributed by atoms with Crippen LogP contribution in [0.5, 0.6) is 0 Å². The molecule has 2 nitrogen and oxygen atoms in total. The largest absolute Gasteiger partial charge is 0.618 e. The van der Waals surface area contributed by atoms with Gasteiger partial charge in [0.15, 0.2) is 6.20 Å². The minimum atomic E-state index is 0.641. The zero-order valence-electron chi connectivity index (χ0n) is 13.6. The first-order chi connectivity index (χ1) is 11.3. The van der Waals surface area contributed by atoms with Crippen LogP contribution in [0.2, 0.25) is 0 Å². The topological polar surface area (TPSA) is 26.1 Å². The van der Waals surface area contributed by atoms with Gasteiger partial charge in [0.2, 0.25) is 5.71 Å². The van der Waals surface area contributed by atoms with Crippen molar-refractivity contribution in [2.45, 2.75) is 26.2 Å². The van der Waals surface area contributed by atoms with Crippen molar-refractivity contribution in [1.82, 2.24) is 0 Å². The summed E-state index contributed by atoms with van der Waals surface area (Å²) in [5, 5.41) is 12.5. The van der Waals surface area contributed by atoms with Gasteiger partial charge in [-0.05, 0) is 42.7 Å². The quantitative estimate of drug-likeness (QED) is 0.221. The molecule has 0 atom stereocenters. The van der Waals surface area contributed by atoms with Crippen molar-refractivity contribution < 1.29 is 4.74 Å². The number of hydroxylamine groups is 1. The van der Waals surface area contributed by atoms with E-state index >= 15 is 0 Å². The van der Waals surface area contributed by atoms with E-state index in [0.29, 0.717) is 5.71 Å². The molecule has 118 valence electrons. The fourth-order valence-corrected chi connectivity index (χ4v) is 2.22. The summed E-state index contributed by atoms with van der Waals surface area (Å²) in [6, 6.07) is 19.7. The molecule has 0 bridgehead atoms. The van der Waals surface area contributed by atoms with Crippen molar-refractivity contribution in [2.24, 2.45) is 0 Å². The number of unbranched alkanes of at least 4 members (excludes halogenated alkanes) is 2. The third-order valence-electron chi connectivity index (χ3n) is 3.51. The molecule has 0 saturated carbocycles. The third kappa shape index (κ3) is 5.59. The van der Waals surface area contributed by atoms with E-state index in [1.807, 2.05) is 78.9 Å². The van der Waals surface area contributed by atoms with E-state index in [9.17, 15) is 5.21 Å². The van der Waals surface area contributed by atoms with Crippen LogP contribution >= 0.6 is 0 Å². The van der Waals surface area contributed by atoms with Gasteiger partial charge >= 0.3 is 0 Å². The molecular formula is C21H23NO. The van der Waals surface area contributed by atoms with Gasteiger partial charge in [0, 0.05) is 11.6 Å². The van der Waals surface area contributed by atoms with Crippen molar-refractivity contribution in [3.63, 3.8) is 0 Å². The van der Waals surface area contributed by atoms with Crippen LogP contribution in [0, 0.1) is 5.21 Å². The van der Waals surface area contributed by atoms with E-state index in [2.05, 4.69) is 6.92 Å². The van der Waals surface area contributed by atoms with Crippen LogP contribution in [0.15, 0.2) is 79.0 Å². The van der Waals surface area contributed by atoms with Crippen molar-refractivity contribution in [3.05, 3.63) is 95.3 Å². The highest BCUT2D eigenvalue weighted by atomic mass is 16.5. The normalized spacial score (nSPS) is 12.7. The molecule has 2 rings (SSSR count). The molecule has 0 radical (unpaired) electrons. The lowest BCUT2D eigenvalue weighted by molar-refractivity contribution is -0.377. The van der Waals surface area contributed by atoms with E-state index in [1.165, 1.54) is 0 Å². The standard InChI is InChI=1S/C21H23NO/c1-2-3-4-11-18-22(23)21(20-14-9-6-10-15-20)17-16-19-12-7-5-8-13-19/h5-18H,2-4H2,1H3/b17-16+,18-11+,22-21+. The van der Waals surface area contributed by atoms with Crippen LogP contribution in [-0.4, -0.2) is 10.5 Å². The molecule has 0 aliphatic rings. The summed E-state index contributed by atoms with van der Waals surface area (Å²) in [4.78, 5) is 0. The summed E-state index contributed by atoms with van der Waals surface area (Å²) in [5.41, 5.74) is 2.63. The van der Waals surface area contributed by atoms with E-state index in [1.54, 1.807) is 6.20 Å². The minimum Gasteiger partial charge on any atom is -0.618 e. The highest BCUT2D eigenvalue weighted by Gasteiger charge is 2.07. The van der Waals surface area contributed by atoms with Crippen LogP contribution in [0.4, 0.5) is 0 Å². The number of nitrogens with zero attached hydrogens (tertiary/aromatic N) is 1. The average molecular weight is 305 g/mol. The number of hydrogen-bond donors (Lipinski definition) is 0. The summed E-state index contributed by atoms with van der Waals surface area (Å²) in [6.45, 7) is 2.15. The van der Waals surface area contributed by atoms with Gasteiger partial charge in [0.05, 0.1) is 0 Å². The van der Waals surface area contributed by atoms with Gasteiger partial charge in [0.25, 0.3) is 0 Å². The van der Waals surface area contributed by atoms with E-state index in [-0.39, 0.29) is 0 Å². The van der Waals surface area contributed by atoms with Gasteiger partial charge in [0.1, 0.15) is 0 Å². The molecule has 0 saturated heterocycles. The molecule has 0 N–H and O–H groups in total. The van der Waals surface area contributed by atoms with Gasteiger partial charge in [-0.1, -0.05) is 61.9 Å². The zero-order chi connectivity index (χ0) is 16.3. The lowest BCUT2D eigenvalue weighted by Crippen LogP contribution is -2.10. The monoisotopic (exact) mass is 305 g/mol. The predicted octanol–water partition coefficient (Wildman–Crippen LogP) is 5.40. The number of rotatable bonds is 7. The lowest BCUT2D eigenvalue weighted by Gasteiger charge is -2.04. The Kier molecular flexibility index (Phi) is 6.86. The van der Waals surface area contributed by atoms with Gasteiger partial charge in [-0.3, -0.25) is 0 Å². The summed E-state index contributed by atoms with van der Waals surface area (Å²) >= 11 is 0. The first-order valence-corrected chi connectivity index (χ1v) is 8.10. The van der Waals surface area contributed by atoms with Crippen LogP contribution in [0.25, 0.3) is 6.08 Å². The van der Waals surface area contributed by atoms with Gasteiger partial charge < -0.3 is 5.21 Å². The molecule has 0 aliphatic carbocycles. The zero-order valence-corrected chi connectivity index (χ0v) is 13.6. The predicted molar refractivity (Wildman–Crippen MR) is 98.3 cm³/mol. The Labute approximate surface area is 138 Å². The smallest absolute Gasteiger partial charge is 0.223 e. The molecule has 0 aliphatic heterocycles. The van der Waals surface area contributed by atoms with E-state index in [0.717, 1.165) is 35.1 Å². The molecule has 0 unspecified atom stereocenters. The molecule has 2 aromatic rings. The second-order valence-electron chi connectivity index (χ2n) is 5.35. The summed E-state index contributed by atoms with van der Waals surface area (Å²) in [6.07, 6.45) is 10.6. The number of benzene rings is 2. The second-order valence-corrected chi connectivity index (χ2v) is 5.35. The maximum Gasteiger partial charge on any atom is 0.223 e. The molecule has 2 aromatic carbocycles. The Bertz CT molecular complexity index is 670. The Morgan fingerprint density at radius 2 is 1.65 bits per heavy atom. The lowest BCUT2D eigenvalue weighted by atomic mass is 10.1. The fraction of sp³-hybridized carbons (Fsp3) is 0.190. The van der Waals surface area contributed by atoms with Crippen molar-refractivity contribution in [1.29, 1.82) is 0 Å². The Morgan fingerprint density at radius 1 is 1.00 bits per heavy atom. The van der Waals surface area contributed by atoms with E-state index in [4.69, 9.17) is 0 Å².